The van der Waals surface area contributed by atoms with Crippen LogP contribution in [0.3, 0.4) is 0 Å². The summed E-state index contributed by atoms with van der Waals surface area (Å²) in [7, 11) is 0. The fourth-order valence-corrected chi connectivity index (χ4v) is 2.62. The Morgan fingerprint density at radius 1 is 1.43 bits per heavy atom. The van der Waals surface area contributed by atoms with E-state index in [0.717, 1.165) is 11.3 Å². The molecule has 1 aliphatic rings. The third-order valence-corrected chi connectivity index (χ3v) is 4.20. The summed E-state index contributed by atoms with van der Waals surface area (Å²) in [6, 6.07) is 5.96. The monoisotopic (exact) mass is 293 g/mol. The number of hydrogen-bond donors (Lipinski definition) is 2. The second-order valence-corrected chi connectivity index (χ2v) is 5.65. The predicted octanol–water partition coefficient (Wildman–Crippen LogP) is 1.45. The zero-order chi connectivity index (χ0) is 15.4. The van der Waals surface area contributed by atoms with Gasteiger partial charge in [-0.2, -0.15) is 0 Å². The number of carbonyl (C=O) groups is 1. The van der Waals surface area contributed by atoms with Gasteiger partial charge in [-0.3, -0.25) is 9.69 Å². The Balaban J connectivity index is 1.83. The maximum Gasteiger partial charge on any atom is 0.310 e. The molecule has 21 heavy (non-hydrogen) atoms. The highest BCUT2D eigenvalue weighted by atomic mass is 16.5. The van der Waals surface area contributed by atoms with Gasteiger partial charge >= 0.3 is 5.97 Å². The van der Waals surface area contributed by atoms with Crippen LogP contribution in [0.25, 0.3) is 0 Å². The van der Waals surface area contributed by atoms with Gasteiger partial charge in [0, 0.05) is 19.6 Å². The fourth-order valence-electron chi connectivity index (χ4n) is 2.62. The topological polar surface area (TPSA) is 70.0 Å². The lowest BCUT2D eigenvalue weighted by Gasteiger charge is -2.33. The van der Waals surface area contributed by atoms with Crippen LogP contribution in [0.5, 0.6) is 5.75 Å². The van der Waals surface area contributed by atoms with E-state index in [1.165, 1.54) is 5.56 Å². The van der Waals surface area contributed by atoms with Crippen molar-refractivity contribution < 1.29 is 19.7 Å². The number of carboxylic acids is 1. The largest absolute Gasteiger partial charge is 0.492 e. The SMILES string of the molecule is Cc1cccc(OCCN2CC[C@@H](O)[C@@H](C(=O)O)C2)c1C. The summed E-state index contributed by atoms with van der Waals surface area (Å²) in [4.78, 5) is 13.1. The number of likely N-dealkylation sites (tertiary alicyclic amines) is 1. The molecule has 5 heteroatoms. The third kappa shape index (κ3) is 3.95. The first kappa shape index (κ1) is 15.8. The van der Waals surface area contributed by atoms with Crippen LogP contribution in [-0.4, -0.2) is 53.4 Å². The Hall–Kier alpha value is -1.59. The molecule has 2 atom stereocenters. The van der Waals surface area contributed by atoms with Crippen molar-refractivity contribution in [2.45, 2.75) is 26.4 Å². The smallest absolute Gasteiger partial charge is 0.310 e. The minimum Gasteiger partial charge on any atom is -0.492 e. The van der Waals surface area contributed by atoms with E-state index in [1.807, 2.05) is 36.9 Å². The second-order valence-electron chi connectivity index (χ2n) is 5.65. The molecule has 1 aromatic carbocycles. The molecule has 0 amide bonds. The summed E-state index contributed by atoms with van der Waals surface area (Å²) in [6.07, 6.45) is -0.237. The van der Waals surface area contributed by atoms with Crippen molar-refractivity contribution in [3.05, 3.63) is 29.3 Å². The maximum atomic E-state index is 11.1. The van der Waals surface area contributed by atoms with Crippen LogP contribution < -0.4 is 4.74 Å². The number of benzene rings is 1. The highest BCUT2D eigenvalue weighted by Gasteiger charge is 2.32. The average Bonchev–Trinajstić information content (AvgIpc) is 2.45. The molecule has 1 saturated heterocycles. The van der Waals surface area contributed by atoms with Crippen LogP contribution in [0, 0.1) is 19.8 Å². The zero-order valence-corrected chi connectivity index (χ0v) is 12.6. The van der Waals surface area contributed by atoms with Crippen molar-refractivity contribution >= 4 is 5.97 Å². The highest BCUT2D eigenvalue weighted by molar-refractivity contribution is 5.71. The molecule has 116 valence electrons. The summed E-state index contributed by atoms with van der Waals surface area (Å²) in [5.41, 5.74) is 2.33. The molecule has 0 spiro atoms. The highest BCUT2D eigenvalue weighted by Crippen LogP contribution is 2.21. The van der Waals surface area contributed by atoms with Gasteiger partial charge in [0.2, 0.25) is 0 Å². The Morgan fingerprint density at radius 2 is 2.19 bits per heavy atom. The molecule has 0 aliphatic carbocycles. The van der Waals surface area contributed by atoms with Crippen molar-refractivity contribution in [1.82, 2.24) is 4.90 Å². The molecule has 0 unspecified atom stereocenters. The normalized spacial score (nSPS) is 23.0. The van der Waals surface area contributed by atoms with Crippen LogP contribution in [0.1, 0.15) is 17.5 Å². The van der Waals surface area contributed by atoms with E-state index in [9.17, 15) is 9.90 Å². The molecule has 5 nitrogen and oxygen atoms in total. The fraction of sp³-hybridized carbons (Fsp3) is 0.562. The standard InChI is InChI=1S/C16H23NO4/c1-11-4-3-5-15(12(11)2)21-9-8-17-7-6-14(18)13(10-17)16(19)20/h3-5,13-14,18H,6-10H2,1-2H3,(H,19,20)/t13-,14+/m0/s1. The minimum atomic E-state index is -0.928. The number of aliphatic hydroxyl groups is 1. The second kappa shape index (κ2) is 6.91. The molecule has 0 saturated carbocycles. The van der Waals surface area contributed by atoms with Gasteiger partial charge in [0.05, 0.1) is 12.0 Å². The lowest BCUT2D eigenvalue weighted by molar-refractivity contribution is -0.148. The van der Waals surface area contributed by atoms with Crippen molar-refractivity contribution in [3.8, 4) is 5.75 Å². The molecule has 0 bridgehead atoms. The van der Waals surface area contributed by atoms with Crippen LogP contribution in [0.15, 0.2) is 18.2 Å². The van der Waals surface area contributed by atoms with Gasteiger partial charge in [0.15, 0.2) is 0 Å². The van der Waals surface area contributed by atoms with E-state index in [0.29, 0.717) is 32.7 Å². The van der Waals surface area contributed by atoms with E-state index in [2.05, 4.69) is 0 Å². The van der Waals surface area contributed by atoms with E-state index in [4.69, 9.17) is 9.84 Å². The number of hydrogen-bond acceptors (Lipinski definition) is 4. The Bertz CT molecular complexity index is 503. The Labute approximate surface area is 125 Å². The maximum absolute atomic E-state index is 11.1. The third-order valence-electron chi connectivity index (χ3n) is 4.20. The summed E-state index contributed by atoms with van der Waals surface area (Å²) in [6.45, 7) is 6.36. The first-order valence-corrected chi connectivity index (χ1v) is 7.31. The number of piperidine rings is 1. The number of aliphatic hydroxyl groups excluding tert-OH is 1. The molecular formula is C16H23NO4. The number of carboxylic acid groups (broad SMARTS) is 1. The quantitative estimate of drug-likeness (QED) is 0.860. The molecule has 1 fully saturated rings. The zero-order valence-electron chi connectivity index (χ0n) is 12.6. The number of aliphatic carboxylic acids is 1. The summed E-state index contributed by atoms with van der Waals surface area (Å²) >= 11 is 0. The first-order chi connectivity index (χ1) is 9.99. The van der Waals surface area contributed by atoms with Gasteiger partial charge in [-0.05, 0) is 37.5 Å². The Kier molecular flexibility index (Phi) is 5.20. The first-order valence-electron chi connectivity index (χ1n) is 7.31. The van der Waals surface area contributed by atoms with Crippen molar-refractivity contribution in [2.24, 2.45) is 5.92 Å². The molecular weight excluding hydrogens is 270 g/mol. The molecule has 0 aromatic heterocycles. The molecule has 1 aromatic rings. The van der Waals surface area contributed by atoms with Crippen molar-refractivity contribution in [3.63, 3.8) is 0 Å². The minimum absolute atomic E-state index is 0.382. The lowest BCUT2D eigenvalue weighted by Crippen LogP contribution is -2.47. The average molecular weight is 293 g/mol. The molecule has 0 radical (unpaired) electrons. The molecule has 2 rings (SSSR count). The summed E-state index contributed by atoms with van der Waals surface area (Å²) < 4.78 is 5.79. The van der Waals surface area contributed by atoms with Crippen LogP contribution in [0.2, 0.25) is 0 Å². The van der Waals surface area contributed by atoms with Gasteiger partial charge in [-0.25, -0.2) is 0 Å². The number of nitrogens with zero attached hydrogens (tertiary/aromatic N) is 1. The molecule has 1 heterocycles. The van der Waals surface area contributed by atoms with Crippen molar-refractivity contribution in [2.75, 3.05) is 26.2 Å². The molecule has 1 aliphatic heterocycles. The van der Waals surface area contributed by atoms with E-state index < -0.39 is 18.0 Å². The van der Waals surface area contributed by atoms with Crippen LogP contribution >= 0.6 is 0 Å². The van der Waals surface area contributed by atoms with Crippen LogP contribution in [-0.2, 0) is 4.79 Å². The summed E-state index contributed by atoms with van der Waals surface area (Å²) in [5.74, 6) is -0.746. The van der Waals surface area contributed by atoms with Gasteiger partial charge in [0.25, 0.3) is 0 Å². The van der Waals surface area contributed by atoms with Gasteiger partial charge in [0.1, 0.15) is 12.4 Å². The number of aryl methyl sites for hydroxylation is 1. The van der Waals surface area contributed by atoms with Gasteiger partial charge in [-0.1, -0.05) is 12.1 Å². The predicted molar refractivity (Wildman–Crippen MR) is 79.6 cm³/mol. The van der Waals surface area contributed by atoms with E-state index in [1.54, 1.807) is 0 Å². The van der Waals surface area contributed by atoms with E-state index >= 15 is 0 Å². The van der Waals surface area contributed by atoms with E-state index in [-0.39, 0.29) is 0 Å². The van der Waals surface area contributed by atoms with Crippen LogP contribution in [0.4, 0.5) is 0 Å². The van der Waals surface area contributed by atoms with Crippen molar-refractivity contribution in [1.29, 1.82) is 0 Å². The molecule has 2 N–H and O–H groups in total. The van der Waals surface area contributed by atoms with Gasteiger partial charge < -0.3 is 14.9 Å². The number of ether oxygens (including phenoxy) is 1. The lowest BCUT2D eigenvalue weighted by atomic mass is 9.95. The van der Waals surface area contributed by atoms with Gasteiger partial charge in [-0.15, -0.1) is 0 Å². The Morgan fingerprint density at radius 3 is 2.90 bits per heavy atom. The number of rotatable bonds is 5. The summed E-state index contributed by atoms with van der Waals surface area (Å²) in [5, 5.41) is 18.8.